The van der Waals surface area contributed by atoms with Crippen LogP contribution >= 0.6 is 0 Å². The van der Waals surface area contributed by atoms with E-state index in [2.05, 4.69) is 42.6 Å². The maximum absolute atomic E-state index is 6.20. The van der Waals surface area contributed by atoms with Gasteiger partial charge in [-0.15, -0.1) is 0 Å². The number of ether oxygens (including phenoxy) is 2. The summed E-state index contributed by atoms with van der Waals surface area (Å²) in [6.45, 7) is 3.01. The molecule has 120 valence electrons. The highest BCUT2D eigenvalue weighted by Crippen LogP contribution is 2.49. The van der Waals surface area contributed by atoms with Crippen LogP contribution in [-0.2, 0) is 4.74 Å². The van der Waals surface area contributed by atoms with Crippen molar-refractivity contribution in [3.8, 4) is 5.75 Å². The molecule has 1 N–H and O–H groups in total. The van der Waals surface area contributed by atoms with Gasteiger partial charge in [0, 0.05) is 23.8 Å². The second-order valence-corrected chi connectivity index (χ2v) is 6.58. The van der Waals surface area contributed by atoms with Gasteiger partial charge in [-0.05, 0) is 43.5 Å². The first-order valence-corrected chi connectivity index (χ1v) is 8.39. The molecule has 0 amide bonds. The smallest absolute Gasteiger partial charge is 0.118 e. The first-order valence-electron chi connectivity index (χ1n) is 8.39. The fourth-order valence-electron chi connectivity index (χ4n) is 3.93. The van der Waals surface area contributed by atoms with E-state index in [4.69, 9.17) is 9.47 Å². The van der Waals surface area contributed by atoms with Crippen LogP contribution in [0.4, 0.5) is 5.69 Å². The zero-order valence-corrected chi connectivity index (χ0v) is 13.7. The third-order valence-corrected chi connectivity index (χ3v) is 5.10. The summed E-state index contributed by atoms with van der Waals surface area (Å²) < 4.78 is 11.5. The van der Waals surface area contributed by atoms with E-state index in [-0.39, 0.29) is 6.10 Å². The number of rotatable bonds is 2. The Morgan fingerprint density at radius 2 is 1.96 bits per heavy atom. The van der Waals surface area contributed by atoms with Crippen LogP contribution in [0.25, 0.3) is 0 Å². The van der Waals surface area contributed by atoms with E-state index in [1.807, 2.05) is 12.1 Å². The van der Waals surface area contributed by atoms with Gasteiger partial charge in [0.15, 0.2) is 0 Å². The van der Waals surface area contributed by atoms with Crippen molar-refractivity contribution in [2.45, 2.75) is 31.9 Å². The number of hydrogen-bond donors (Lipinski definition) is 1. The topological polar surface area (TPSA) is 30.5 Å². The van der Waals surface area contributed by atoms with Crippen molar-refractivity contribution in [1.29, 1.82) is 0 Å². The van der Waals surface area contributed by atoms with E-state index in [0.29, 0.717) is 12.0 Å². The zero-order chi connectivity index (χ0) is 15.8. The average Bonchev–Trinajstić information content (AvgIpc) is 2.61. The molecule has 23 heavy (non-hydrogen) atoms. The molecule has 0 saturated carbocycles. The molecule has 0 aliphatic carbocycles. The number of anilines is 1. The first kappa shape index (κ1) is 14.6. The van der Waals surface area contributed by atoms with Crippen molar-refractivity contribution in [3.05, 3.63) is 59.2 Å². The minimum atomic E-state index is 0.201. The Balaban J connectivity index is 1.73. The van der Waals surface area contributed by atoms with E-state index < -0.39 is 0 Å². The summed E-state index contributed by atoms with van der Waals surface area (Å²) in [7, 11) is 1.71. The van der Waals surface area contributed by atoms with Gasteiger partial charge in [-0.3, -0.25) is 0 Å². The third kappa shape index (κ3) is 2.59. The van der Waals surface area contributed by atoms with Gasteiger partial charge >= 0.3 is 0 Å². The lowest BCUT2D eigenvalue weighted by Crippen LogP contribution is -2.36. The molecule has 3 nitrogen and oxygen atoms in total. The molecule has 0 unspecified atom stereocenters. The molecule has 0 radical (unpaired) electrons. The van der Waals surface area contributed by atoms with E-state index in [9.17, 15) is 0 Å². The van der Waals surface area contributed by atoms with E-state index in [0.717, 1.165) is 18.8 Å². The molecular weight excluding hydrogens is 286 g/mol. The number of aryl methyl sites for hydroxylation is 1. The van der Waals surface area contributed by atoms with Gasteiger partial charge in [-0.2, -0.15) is 0 Å². The largest absolute Gasteiger partial charge is 0.497 e. The van der Waals surface area contributed by atoms with Gasteiger partial charge in [-0.25, -0.2) is 0 Å². The molecule has 0 aromatic heterocycles. The Morgan fingerprint density at radius 3 is 2.74 bits per heavy atom. The maximum Gasteiger partial charge on any atom is 0.118 e. The van der Waals surface area contributed by atoms with E-state index >= 15 is 0 Å². The van der Waals surface area contributed by atoms with Crippen molar-refractivity contribution in [3.63, 3.8) is 0 Å². The lowest BCUT2D eigenvalue weighted by molar-refractivity contribution is -0.0381. The first-order chi connectivity index (χ1) is 11.3. The van der Waals surface area contributed by atoms with Crippen molar-refractivity contribution < 1.29 is 9.47 Å². The monoisotopic (exact) mass is 309 g/mol. The van der Waals surface area contributed by atoms with Crippen LogP contribution < -0.4 is 10.1 Å². The van der Waals surface area contributed by atoms with Crippen LogP contribution in [0.2, 0.25) is 0 Å². The van der Waals surface area contributed by atoms with Gasteiger partial charge in [0.1, 0.15) is 5.75 Å². The van der Waals surface area contributed by atoms with Crippen molar-refractivity contribution >= 4 is 5.69 Å². The minimum Gasteiger partial charge on any atom is -0.497 e. The lowest BCUT2D eigenvalue weighted by Gasteiger charge is -2.43. The van der Waals surface area contributed by atoms with Gasteiger partial charge in [-0.1, -0.05) is 29.8 Å². The molecule has 3 atom stereocenters. The summed E-state index contributed by atoms with van der Waals surface area (Å²) in [4.78, 5) is 0. The second-order valence-electron chi connectivity index (χ2n) is 6.58. The molecule has 2 aliphatic heterocycles. The quantitative estimate of drug-likeness (QED) is 0.876. The lowest BCUT2D eigenvalue weighted by atomic mass is 9.77. The van der Waals surface area contributed by atoms with Crippen molar-refractivity contribution in [1.82, 2.24) is 0 Å². The minimum absolute atomic E-state index is 0.201. The van der Waals surface area contributed by atoms with Crippen LogP contribution in [-0.4, -0.2) is 13.7 Å². The van der Waals surface area contributed by atoms with Crippen molar-refractivity contribution in [2.24, 2.45) is 5.92 Å². The fraction of sp³-hybridized carbons (Fsp3) is 0.400. The molecule has 2 heterocycles. The predicted molar refractivity (Wildman–Crippen MR) is 92.0 cm³/mol. The Hall–Kier alpha value is -2.00. The van der Waals surface area contributed by atoms with E-state index in [1.54, 1.807) is 7.11 Å². The summed E-state index contributed by atoms with van der Waals surface area (Å²) in [5, 5.41) is 3.76. The molecule has 0 spiro atoms. The summed E-state index contributed by atoms with van der Waals surface area (Å²) in [6, 6.07) is 15.3. The summed E-state index contributed by atoms with van der Waals surface area (Å²) in [6.07, 6.45) is 2.53. The predicted octanol–water partition coefficient (Wildman–Crippen LogP) is 4.64. The molecular formula is C20H23NO2. The fourth-order valence-corrected chi connectivity index (χ4v) is 3.93. The molecule has 3 heteroatoms. The highest BCUT2D eigenvalue weighted by molar-refractivity contribution is 5.58. The number of hydrogen-bond acceptors (Lipinski definition) is 3. The molecule has 1 fully saturated rings. The Labute approximate surface area is 137 Å². The maximum atomic E-state index is 6.20. The van der Waals surface area contributed by atoms with Gasteiger partial charge in [0.05, 0.1) is 19.3 Å². The van der Waals surface area contributed by atoms with Gasteiger partial charge < -0.3 is 14.8 Å². The summed E-state index contributed by atoms with van der Waals surface area (Å²) in [5.74, 6) is 1.38. The summed E-state index contributed by atoms with van der Waals surface area (Å²) in [5.41, 5.74) is 5.12. The normalized spacial score (nSPS) is 25.9. The molecule has 0 bridgehead atoms. The Bertz CT molecular complexity index is 695. The zero-order valence-electron chi connectivity index (χ0n) is 13.7. The van der Waals surface area contributed by atoms with Crippen LogP contribution in [0.3, 0.4) is 0 Å². The SMILES string of the molecule is COc1ccc([C@H]2Nc3ccc(C)cc3[C@H]3OCCC[C@@H]23)cc1. The Kier molecular flexibility index (Phi) is 3.74. The second kappa shape index (κ2) is 5.89. The molecule has 1 saturated heterocycles. The number of fused-ring (bicyclic) bond motifs is 3. The van der Waals surface area contributed by atoms with Crippen molar-refractivity contribution in [2.75, 3.05) is 19.0 Å². The highest BCUT2D eigenvalue weighted by atomic mass is 16.5. The molecule has 2 aliphatic rings. The average molecular weight is 309 g/mol. The van der Waals surface area contributed by atoms with E-state index in [1.165, 1.54) is 28.8 Å². The van der Waals surface area contributed by atoms with Crippen LogP contribution in [0.1, 0.15) is 41.7 Å². The Morgan fingerprint density at radius 1 is 1.13 bits per heavy atom. The molecule has 2 aromatic carbocycles. The molecule has 4 rings (SSSR count). The van der Waals surface area contributed by atoms with Crippen LogP contribution in [0.5, 0.6) is 5.75 Å². The van der Waals surface area contributed by atoms with Crippen LogP contribution in [0, 0.1) is 12.8 Å². The third-order valence-electron chi connectivity index (χ3n) is 5.10. The highest BCUT2D eigenvalue weighted by Gasteiger charge is 2.39. The van der Waals surface area contributed by atoms with Crippen LogP contribution in [0.15, 0.2) is 42.5 Å². The summed E-state index contributed by atoms with van der Waals surface area (Å²) >= 11 is 0. The number of nitrogens with one attached hydrogen (secondary N) is 1. The number of benzene rings is 2. The number of methoxy groups -OCH3 is 1. The molecule has 2 aromatic rings. The standard InChI is InChI=1S/C20H23NO2/c1-13-5-10-18-17(12-13)20-16(4-3-11-23-20)19(21-18)14-6-8-15(22-2)9-7-14/h5-10,12,16,19-21H,3-4,11H2,1-2H3/t16-,19+,20-/m0/s1. The van der Waals surface area contributed by atoms with Gasteiger partial charge in [0.25, 0.3) is 0 Å². The van der Waals surface area contributed by atoms with Gasteiger partial charge in [0.2, 0.25) is 0 Å².